The highest BCUT2D eigenvalue weighted by Crippen LogP contribution is 2.39. The Labute approximate surface area is 190 Å². The number of hydrogen-bond acceptors (Lipinski definition) is 3. The summed E-state index contributed by atoms with van der Waals surface area (Å²) in [5.41, 5.74) is 2.10. The standard InChI is InChI=1S/C25H33FN4S/c1-19-7-3-6-16-30(19)23-13-12-22(17-27-23)29-24(31)28-18-25(14-4-2-5-15-25)20-8-10-21(26)11-9-20/h8-13,17,19H,2-7,14-16,18H2,1H3,(H2,28,29,31)/t19-/m0/s1. The van der Waals surface area contributed by atoms with Crippen molar-refractivity contribution < 1.29 is 4.39 Å². The van der Waals surface area contributed by atoms with E-state index in [9.17, 15) is 4.39 Å². The lowest BCUT2D eigenvalue weighted by atomic mass is 9.69. The third-order valence-corrected chi connectivity index (χ3v) is 7.20. The van der Waals surface area contributed by atoms with Crippen LogP contribution in [0.15, 0.2) is 42.6 Å². The van der Waals surface area contributed by atoms with E-state index in [0.29, 0.717) is 11.2 Å². The van der Waals surface area contributed by atoms with Gasteiger partial charge in [-0.1, -0.05) is 31.4 Å². The normalized spacial score (nSPS) is 20.8. The molecule has 31 heavy (non-hydrogen) atoms. The lowest BCUT2D eigenvalue weighted by Crippen LogP contribution is -2.43. The number of pyridine rings is 1. The molecule has 2 N–H and O–H groups in total. The van der Waals surface area contributed by atoms with Crippen LogP contribution < -0.4 is 15.5 Å². The van der Waals surface area contributed by atoms with Gasteiger partial charge in [-0.3, -0.25) is 0 Å². The van der Waals surface area contributed by atoms with Crippen molar-refractivity contribution in [1.29, 1.82) is 0 Å². The molecule has 2 aromatic rings. The summed E-state index contributed by atoms with van der Waals surface area (Å²) in [6, 6.07) is 11.7. The number of aromatic nitrogens is 1. The third-order valence-electron chi connectivity index (χ3n) is 6.96. The summed E-state index contributed by atoms with van der Waals surface area (Å²) in [5.74, 6) is 0.851. The van der Waals surface area contributed by atoms with E-state index in [1.165, 1.54) is 44.1 Å². The van der Waals surface area contributed by atoms with Crippen LogP contribution in [0.25, 0.3) is 0 Å². The van der Waals surface area contributed by atoms with Crippen molar-refractivity contribution in [2.75, 3.05) is 23.3 Å². The van der Waals surface area contributed by atoms with Gasteiger partial charge >= 0.3 is 0 Å². The van der Waals surface area contributed by atoms with Gasteiger partial charge in [0, 0.05) is 24.5 Å². The maximum Gasteiger partial charge on any atom is 0.170 e. The Kier molecular flexibility index (Phi) is 7.06. The number of nitrogens with zero attached hydrogens (tertiary/aromatic N) is 2. The fourth-order valence-corrected chi connectivity index (χ4v) is 5.28. The molecule has 2 heterocycles. The van der Waals surface area contributed by atoms with Gasteiger partial charge in [-0.2, -0.15) is 0 Å². The van der Waals surface area contributed by atoms with Gasteiger partial charge in [0.15, 0.2) is 5.11 Å². The number of benzene rings is 1. The van der Waals surface area contributed by atoms with Gasteiger partial charge in [0.2, 0.25) is 0 Å². The zero-order valence-electron chi connectivity index (χ0n) is 18.4. The van der Waals surface area contributed by atoms with Crippen molar-refractivity contribution in [2.24, 2.45) is 0 Å². The molecule has 166 valence electrons. The van der Waals surface area contributed by atoms with Gasteiger partial charge in [-0.05, 0) is 81.1 Å². The fourth-order valence-electron chi connectivity index (χ4n) is 5.09. The second kappa shape index (κ2) is 9.94. The molecule has 1 atom stereocenters. The Hall–Kier alpha value is -2.21. The van der Waals surface area contributed by atoms with Crippen LogP contribution in [-0.4, -0.2) is 29.2 Å². The molecule has 2 aliphatic rings. The summed E-state index contributed by atoms with van der Waals surface area (Å²) in [6.45, 7) is 4.10. The van der Waals surface area contributed by atoms with Crippen molar-refractivity contribution in [3.63, 3.8) is 0 Å². The lowest BCUT2D eigenvalue weighted by Gasteiger charge is -2.38. The lowest BCUT2D eigenvalue weighted by molar-refractivity contribution is 0.292. The van der Waals surface area contributed by atoms with Crippen molar-refractivity contribution in [3.05, 3.63) is 54.0 Å². The molecule has 4 nitrogen and oxygen atoms in total. The molecule has 1 aromatic carbocycles. The number of thiocarbonyl (C=S) groups is 1. The van der Waals surface area contributed by atoms with E-state index in [0.717, 1.165) is 37.4 Å². The molecule has 0 radical (unpaired) electrons. The largest absolute Gasteiger partial charge is 0.362 e. The first kappa shape index (κ1) is 22.0. The van der Waals surface area contributed by atoms with Crippen LogP contribution >= 0.6 is 12.2 Å². The van der Waals surface area contributed by atoms with Gasteiger partial charge in [-0.25, -0.2) is 9.37 Å². The van der Waals surface area contributed by atoms with Gasteiger partial charge in [0.1, 0.15) is 11.6 Å². The highest BCUT2D eigenvalue weighted by Gasteiger charge is 2.34. The average molecular weight is 441 g/mol. The first-order valence-electron chi connectivity index (χ1n) is 11.6. The minimum atomic E-state index is -0.185. The van der Waals surface area contributed by atoms with Gasteiger partial charge in [0.05, 0.1) is 11.9 Å². The number of nitrogens with one attached hydrogen (secondary N) is 2. The maximum absolute atomic E-state index is 13.4. The van der Waals surface area contributed by atoms with Crippen LogP contribution in [0.5, 0.6) is 0 Å². The highest BCUT2D eigenvalue weighted by atomic mass is 32.1. The molecule has 1 saturated heterocycles. The van der Waals surface area contributed by atoms with Crippen molar-refractivity contribution in [3.8, 4) is 0 Å². The Balaban J connectivity index is 1.37. The van der Waals surface area contributed by atoms with E-state index in [1.807, 2.05) is 24.4 Å². The Morgan fingerprint density at radius 3 is 2.55 bits per heavy atom. The summed E-state index contributed by atoms with van der Waals surface area (Å²) < 4.78 is 13.4. The fraction of sp³-hybridized carbons (Fsp3) is 0.520. The number of halogens is 1. The van der Waals surface area contributed by atoms with Gasteiger partial charge in [0.25, 0.3) is 0 Å². The topological polar surface area (TPSA) is 40.2 Å². The smallest absolute Gasteiger partial charge is 0.170 e. The zero-order valence-corrected chi connectivity index (χ0v) is 19.2. The van der Waals surface area contributed by atoms with Crippen LogP contribution in [0.2, 0.25) is 0 Å². The summed E-state index contributed by atoms with van der Waals surface area (Å²) >= 11 is 5.58. The first-order chi connectivity index (χ1) is 15.1. The maximum atomic E-state index is 13.4. The summed E-state index contributed by atoms with van der Waals surface area (Å²) in [7, 11) is 0. The number of hydrogen-bond donors (Lipinski definition) is 2. The molecule has 0 spiro atoms. The van der Waals surface area contributed by atoms with E-state index < -0.39 is 0 Å². The summed E-state index contributed by atoms with van der Waals surface area (Å²) in [6.07, 6.45) is 11.5. The van der Waals surface area contributed by atoms with Crippen LogP contribution in [0, 0.1) is 5.82 Å². The summed E-state index contributed by atoms with van der Waals surface area (Å²) in [5, 5.41) is 7.31. The molecule has 4 rings (SSSR count). The monoisotopic (exact) mass is 440 g/mol. The molecule has 1 aliphatic heterocycles. The van der Waals surface area contributed by atoms with Crippen LogP contribution in [0.3, 0.4) is 0 Å². The molecule has 2 fully saturated rings. The molecule has 1 aliphatic carbocycles. The third kappa shape index (κ3) is 5.35. The van der Waals surface area contributed by atoms with E-state index in [1.54, 1.807) is 12.1 Å². The number of piperidine rings is 1. The highest BCUT2D eigenvalue weighted by molar-refractivity contribution is 7.80. The van der Waals surface area contributed by atoms with Crippen molar-refractivity contribution in [2.45, 2.75) is 69.7 Å². The Morgan fingerprint density at radius 2 is 1.87 bits per heavy atom. The molecule has 0 unspecified atom stereocenters. The molecule has 1 aromatic heterocycles. The van der Waals surface area contributed by atoms with Crippen LogP contribution in [-0.2, 0) is 5.41 Å². The molecule has 0 bridgehead atoms. The SMILES string of the molecule is C[C@H]1CCCCN1c1ccc(NC(=S)NCC2(c3ccc(F)cc3)CCCCC2)cn1. The second-order valence-electron chi connectivity index (χ2n) is 9.10. The average Bonchev–Trinajstić information content (AvgIpc) is 2.80. The van der Waals surface area contributed by atoms with E-state index in [4.69, 9.17) is 12.2 Å². The predicted octanol–water partition coefficient (Wildman–Crippen LogP) is 5.79. The summed E-state index contributed by atoms with van der Waals surface area (Å²) in [4.78, 5) is 7.05. The van der Waals surface area contributed by atoms with Gasteiger partial charge in [-0.15, -0.1) is 0 Å². The van der Waals surface area contributed by atoms with Crippen LogP contribution in [0.1, 0.15) is 63.9 Å². The van der Waals surface area contributed by atoms with E-state index in [2.05, 4.69) is 33.5 Å². The number of rotatable bonds is 5. The van der Waals surface area contributed by atoms with E-state index >= 15 is 0 Å². The van der Waals surface area contributed by atoms with Crippen molar-refractivity contribution in [1.82, 2.24) is 10.3 Å². The molecular formula is C25H33FN4S. The van der Waals surface area contributed by atoms with Crippen LogP contribution in [0.4, 0.5) is 15.9 Å². The van der Waals surface area contributed by atoms with Gasteiger partial charge < -0.3 is 15.5 Å². The predicted molar refractivity (Wildman–Crippen MR) is 130 cm³/mol. The van der Waals surface area contributed by atoms with Crippen molar-refractivity contribution >= 4 is 28.8 Å². The Bertz CT molecular complexity index is 862. The second-order valence-corrected chi connectivity index (χ2v) is 9.51. The number of anilines is 2. The molecule has 1 saturated carbocycles. The zero-order chi connectivity index (χ0) is 21.7. The molecule has 6 heteroatoms. The molecule has 0 amide bonds. The first-order valence-corrected chi connectivity index (χ1v) is 12.0. The minimum absolute atomic E-state index is 0.00416. The van der Waals surface area contributed by atoms with E-state index in [-0.39, 0.29) is 11.2 Å². The molecular weight excluding hydrogens is 407 g/mol. The quantitative estimate of drug-likeness (QED) is 0.576. The Morgan fingerprint density at radius 1 is 1.10 bits per heavy atom. The minimum Gasteiger partial charge on any atom is -0.362 e.